The number of allylic oxidation sites excluding steroid dienone is 1. The van der Waals surface area contributed by atoms with Crippen LogP contribution in [-0.2, 0) is 4.43 Å². The van der Waals surface area contributed by atoms with Gasteiger partial charge in [0.25, 0.3) is 0 Å². The van der Waals surface area contributed by atoms with E-state index in [1.165, 1.54) is 57.4 Å². The summed E-state index contributed by atoms with van der Waals surface area (Å²) in [7, 11) is -0.538. The maximum absolute atomic E-state index is 6.03. The van der Waals surface area contributed by atoms with E-state index >= 15 is 0 Å². The van der Waals surface area contributed by atoms with E-state index in [4.69, 9.17) is 4.43 Å². The Balaban J connectivity index is 2.12. The van der Waals surface area contributed by atoms with Crippen LogP contribution in [0.1, 0.15) is 65.2 Å². The molecule has 99 valence electrons. The lowest BCUT2D eigenvalue weighted by atomic mass is 10.0. The smallest absolute Gasteiger partial charge is 0.217 e. The zero-order chi connectivity index (χ0) is 12.6. The molecule has 0 aromatic rings. The van der Waals surface area contributed by atoms with Crippen molar-refractivity contribution >= 4 is 9.04 Å². The Bertz CT molecular complexity index is 207. The zero-order valence-corrected chi connectivity index (χ0v) is 12.8. The molecule has 0 saturated carbocycles. The molecular formula is C15H29OSi. The van der Waals surface area contributed by atoms with Gasteiger partial charge in [-0.2, -0.15) is 0 Å². The Morgan fingerprint density at radius 3 is 2.59 bits per heavy atom. The molecule has 1 radical (unpaired) electrons. The fourth-order valence-corrected chi connectivity index (χ4v) is 5.17. The first-order chi connectivity index (χ1) is 8.17. The number of hydrogen-bond donors (Lipinski definition) is 0. The third kappa shape index (κ3) is 5.87. The summed E-state index contributed by atoms with van der Waals surface area (Å²) in [4.78, 5) is 0. The second kappa shape index (κ2) is 8.10. The maximum atomic E-state index is 6.03. The summed E-state index contributed by atoms with van der Waals surface area (Å²) in [6.45, 7) is 9.65. The van der Waals surface area contributed by atoms with Crippen molar-refractivity contribution in [2.45, 2.75) is 76.3 Å². The minimum Gasteiger partial charge on any atom is -0.416 e. The van der Waals surface area contributed by atoms with Crippen molar-refractivity contribution < 1.29 is 4.43 Å². The lowest BCUT2D eigenvalue weighted by Crippen LogP contribution is -2.34. The summed E-state index contributed by atoms with van der Waals surface area (Å²) in [5.74, 6) is 0. The Hall–Kier alpha value is -0.0831. The van der Waals surface area contributed by atoms with Crippen molar-refractivity contribution in [3.8, 4) is 0 Å². The van der Waals surface area contributed by atoms with Crippen LogP contribution in [-0.4, -0.2) is 15.6 Å². The maximum Gasteiger partial charge on any atom is 0.217 e. The van der Waals surface area contributed by atoms with Crippen LogP contribution < -0.4 is 0 Å². The van der Waals surface area contributed by atoms with Gasteiger partial charge in [0.15, 0.2) is 0 Å². The lowest BCUT2D eigenvalue weighted by molar-refractivity contribution is 0.263. The minimum absolute atomic E-state index is 0.476. The second-order valence-electron chi connectivity index (χ2n) is 5.85. The highest BCUT2D eigenvalue weighted by atomic mass is 28.3. The quantitative estimate of drug-likeness (QED) is 0.332. The fourth-order valence-electron chi connectivity index (χ4n) is 2.54. The third-order valence-corrected chi connectivity index (χ3v) is 6.91. The van der Waals surface area contributed by atoms with Crippen molar-refractivity contribution in [2.75, 3.05) is 6.61 Å². The van der Waals surface area contributed by atoms with Gasteiger partial charge < -0.3 is 4.43 Å². The first-order valence-electron chi connectivity index (χ1n) is 7.27. The molecule has 0 unspecified atom stereocenters. The summed E-state index contributed by atoms with van der Waals surface area (Å²) < 4.78 is 6.03. The van der Waals surface area contributed by atoms with Gasteiger partial charge in [-0.25, -0.2) is 0 Å². The van der Waals surface area contributed by atoms with Crippen molar-refractivity contribution in [1.29, 1.82) is 0 Å². The van der Waals surface area contributed by atoms with Crippen molar-refractivity contribution in [3.05, 3.63) is 12.7 Å². The molecular weight excluding hydrogens is 224 g/mol. The highest BCUT2D eigenvalue weighted by molar-refractivity contribution is 6.55. The molecule has 1 rings (SSSR count). The van der Waals surface area contributed by atoms with Crippen molar-refractivity contribution in [3.63, 3.8) is 0 Å². The van der Waals surface area contributed by atoms with E-state index in [1.54, 1.807) is 0 Å². The molecule has 1 fully saturated rings. The van der Waals surface area contributed by atoms with E-state index in [-0.39, 0.29) is 0 Å². The van der Waals surface area contributed by atoms with Crippen LogP contribution in [0.25, 0.3) is 0 Å². The van der Waals surface area contributed by atoms with Gasteiger partial charge in [0.1, 0.15) is 0 Å². The molecule has 1 nitrogen and oxygen atoms in total. The summed E-state index contributed by atoms with van der Waals surface area (Å²) in [6, 6.07) is 1.37. The van der Waals surface area contributed by atoms with E-state index in [0.29, 0.717) is 5.04 Å². The Morgan fingerprint density at radius 1 is 1.18 bits per heavy atom. The van der Waals surface area contributed by atoms with Gasteiger partial charge in [-0.3, -0.25) is 0 Å². The molecule has 0 spiro atoms. The molecule has 0 aliphatic carbocycles. The summed E-state index contributed by atoms with van der Waals surface area (Å²) in [5, 5.41) is 0.476. The molecule has 2 heteroatoms. The number of rotatable bonds is 8. The van der Waals surface area contributed by atoms with E-state index in [0.717, 1.165) is 6.61 Å². The van der Waals surface area contributed by atoms with Crippen molar-refractivity contribution in [2.24, 2.45) is 0 Å². The van der Waals surface area contributed by atoms with Crippen LogP contribution in [0.4, 0.5) is 0 Å². The predicted molar refractivity (Wildman–Crippen MR) is 77.7 cm³/mol. The average molecular weight is 253 g/mol. The van der Waals surface area contributed by atoms with Crippen LogP contribution in [0.15, 0.2) is 12.7 Å². The standard InChI is InChI=1S/C15H29OSi/c1-4-5-6-7-8-9-12-15(2,3)17-14-11-10-13-16-17/h4H,1,5-14H2,2-3H3. The Kier molecular flexibility index (Phi) is 7.13. The van der Waals surface area contributed by atoms with E-state index in [2.05, 4.69) is 20.4 Å². The van der Waals surface area contributed by atoms with Gasteiger partial charge in [0, 0.05) is 6.61 Å². The molecule has 1 aliphatic heterocycles. The minimum atomic E-state index is -0.538. The third-order valence-electron chi connectivity index (χ3n) is 3.79. The van der Waals surface area contributed by atoms with Gasteiger partial charge >= 0.3 is 0 Å². The monoisotopic (exact) mass is 253 g/mol. The van der Waals surface area contributed by atoms with Crippen LogP contribution >= 0.6 is 0 Å². The molecule has 0 N–H and O–H groups in total. The first kappa shape index (κ1) is 15.0. The molecule has 0 aromatic carbocycles. The van der Waals surface area contributed by atoms with Gasteiger partial charge in [-0.15, -0.1) is 6.58 Å². The predicted octanol–water partition coefficient (Wildman–Crippen LogP) is 5.10. The summed E-state index contributed by atoms with van der Waals surface area (Å²) in [6.07, 6.45) is 12.7. The van der Waals surface area contributed by atoms with E-state index in [9.17, 15) is 0 Å². The van der Waals surface area contributed by atoms with Gasteiger partial charge in [-0.05, 0) is 36.8 Å². The van der Waals surface area contributed by atoms with Gasteiger partial charge in [-0.1, -0.05) is 45.6 Å². The van der Waals surface area contributed by atoms with Gasteiger partial charge in [0.2, 0.25) is 9.04 Å². The average Bonchev–Trinajstić information content (AvgIpc) is 2.35. The fraction of sp³-hybridized carbons (Fsp3) is 0.867. The van der Waals surface area contributed by atoms with Crippen LogP contribution in [0.3, 0.4) is 0 Å². The van der Waals surface area contributed by atoms with Crippen LogP contribution in [0.2, 0.25) is 11.1 Å². The lowest BCUT2D eigenvalue weighted by Gasteiger charge is -2.34. The molecule has 0 amide bonds. The number of unbranched alkanes of at least 4 members (excludes halogenated alkanes) is 4. The highest BCUT2D eigenvalue weighted by Gasteiger charge is 2.34. The molecule has 17 heavy (non-hydrogen) atoms. The highest BCUT2D eigenvalue weighted by Crippen LogP contribution is 2.39. The number of hydrogen-bond acceptors (Lipinski definition) is 1. The van der Waals surface area contributed by atoms with Gasteiger partial charge in [0.05, 0.1) is 0 Å². The molecule has 0 bridgehead atoms. The zero-order valence-electron chi connectivity index (χ0n) is 11.8. The summed E-state index contributed by atoms with van der Waals surface area (Å²) in [5.41, 5.74) is 0. The summed E-state index contributed by atoms with van der Waals surface area (Å²) >= 11 is 0. The molecule has 0 atom stereocenters. The molecule has 1 heterocycles. The topological polar surface area (TPSA) is 9.23 Å². The van der Waals surface area contributed by atoms with Crippen molar-refractivity contribution in [1.82, 2.24) is 0 Å². The van der Waals surface area contributed by atoms with Crippen LogP contribution in [0.5, 0.6) is 0 Å². The Labute approximate surface area is 109 Å². The van der Waals surface area contributed by atoms with E-state index in [1.807, 2.05) is 6.08 Å². The molecule has 0 aromatic heterocycles. The normalized spacial score (nSPS) is 18.2. The SMILES string of the molecule is C=CCCCCCCC(C)(C)[Si]1CCCCO1. The van der Waals surface area contributed by atoms with E-state index < -0.39 is 9.04 Å². The largest absolute Gasteiger partial charge is 0.416 e. The molecule has 1 saturated heterocycles. The van der Waals surface area contributed by atoms with Crippen LogP contribution in [0, 0.1) is 0 Å². The second-order valence-corrected chi connectivity index (χ2v) is 8.84. The first-order valence-corrected chi connectivity index (χ1v) is 8.88. The molecule has 1 aliphatic rings. The Morgan fingerprint density at radius 2 is 1.94 bits per heavy atom.